The molecule has 1 heterocycles. The van der Waals surface area contributed by atoms with Crippen molar-refractivity contribution in [1.82, 2.24) is 5.32 Å². The summed E-state index contributed by atoms with van der Waals surface area (Å²) in [5.74, 6) is 0.000636. The number of anilines is 1. The van der Waals surface area contributed by atoms with Crippen LogP contribution in [0.2, 0.25) is 5.02 Å². The fourth-order valence-electron chi connectivity index (χ4n) is 3.03. The van der Waals surface area contributed by atoms with Crippen LogP contribution in [-0.4, -0.2) is 38.6 Å². The van der Waals surface area contributed by atoms with Crippen molar-refractivity contribution in [3.8, 4) is 22.8 Å². The third-order valence-corrected chi connectivity index (χ3v) is 4.89. The van der Waals surface area contributed by atoms with E-state index in [1.54, 1.807) is 24.3 Å². The van der Waals surface area contributed by atoms with Crippen LogP contribution in [0.3, 0.4) is 0 Å². The lowest BCUT2D eigenvalue weighted by Gasteiger charge is -2.14. The molecule has 0 spiro atoms. The number of methoxy groups -OCH3 is 2. The molecule has 3 aromatic rings. The molecular formula is C24H23ClN2O7. The highest BCUT2D eigenvalue weighted by atomic mass is 35.5. The second kappa shape index (κ2) is 11.2. The number of ether oxygens (including phenoxy) is 3. The molecule has 0 aliphatic carbocycles. The molecule has 0 aliphatic rings. The molecule has 3 rings (SSSR count). The van der Waals surface area contributed by atoms with Crippen LogP contribution in [0, 0.1) is 0 Å². The summed E-state index contributed by atoms with van der Waals surface area (Å²) in [6.45, 7) is 0.876. The van der Waals surface area contributed by atoms with Gasteiger partial charge in [-0.15, -0.1) is 0 Å². The van der Waals surface area contributed by atoms with Crippen LogP contribution in [0.15, 0.2) is 52.9 Å². The van der Waals surface area contributed by atoms with Gasteiger partial charge in [0.2, 0.25) is 5.91 Å². The zero-order chi connectivity index (χ0) is 24.7. The topological polar surface area (TPSA) is 116 Å². The van der Waals surface area contributed by atoms with E-state index in [0.29, 0.717) is 22.3 Å². The number of furan rings is 1. The monoisotopic (exact) mass is 486 g/mol. The Morgan fingerprint density at radius 3 is 2.29 bits per heavy atom. The van der Waals surface area contributed by atoms with Gasteiger partial charge in [0, 0.05) is 29.6 Å². The maximum Gasteiger partial charge on any atom is 0.340 e. The van der Waals surface area contributed by atoms with Crippen LogP contribution < -0.4 is 20.1 Å². The van der Waals surface area contributed by atoms with Crippen molar-refractivity contribution in [3.05, 3.63) is 64.9 Å². The molecule has 0 saturated heterocycles. The minimum absolute atomic E-state index is 0.0132. The maximum absolute atomic E-state index is 12.6. The highest BCUT2D eigenvalue weighted by Crippen LogP contribution is 2.33. The number of carbonyl (C=O) groups excluding carboxylic acids is 3. The van der Waals surface area contributed by atoms with E-state index in [-0.39, 0.29) is 23.5 Å². The summed E-state index contributed by atoms with van der Waals surface area (Å²) in [7, 11) is 2.83. The van der Waals surface area contributed by atoms with Gasteiger partial charge in [0.1, 0.15) is 11.5 Å². The Kier molecular flexibility index (Phi) is 8.15. The molecule has 1 aromatic heterocycles. The number of esters is 1. The molecule has 34 heavy (non-hydrogen) atoms. The number of amides is 2. The molecule has 0 fully saturated rings. The largest absolute Gasteiger partial charge is 0.493 e. The number of benzene rings is 2. The van der Waals surface area contributed by atoms with E-state index in [1.807, 2.05) is 12.1 Å². The van der Waals surface area contributed by atoms with E-state index in [4.69, 9.17) is 30.2 Å². The van der Waals surface area contributed by atoms with Crippen molar-refractivity contribution in [2.24, 2.45) is 0 Å². The van der Waals surface area contributed by atoms with E-state index in [0.717, 1.165) is 5.56 Å². The van der Waals surface area contributed by atoms with Gasteiger partial charge in [-0.3, -0.25) is 9.59 Å². The zero-order valence-electron chi connectivity index (χ0n) is 18.8. The molecule has 0 unspecified atom stereocenters. The van der Waals surface area contributed by atoms with Crippen LogP contribution >= 0.6 is 11.6 Å². The minimum atomic E-state index is -0.817. The summed E-state index contributed by atoms with van der Waals surface area (Å²) in [4.78, 5) is 36.3. The average Bonchev–Trinajstić information content (AvgIpc) is 3.30. The first-order valence-electron chi connectivity index (χ1n) is 10.1. The van der Waals surface area contributed by atoms with Crippen molar-refractivity contribution in [3.63, 3.8) is 0 Å². The number of rotatable bonds is 9. The predicted octanol–water partition coefficient (Wildman–Crippen LogP) is 4.05. The van der Waals surface area contributed by atoms with E-state index in [9.17, 15) is 14.4 Å². The molecule has 0 saturated carbocycles. The van der Waals surface area contributed by atoms with Gasteiger partial charge < -0.3 is 29.3 Å². The van der Waals surface area contributed by atoms with Crippen molar-refractivity contribution in [2.75, 3.05) is 26.1 Å². The lowest BCUT2D eigenvalue weighted by Crippen LogP contribution is -2.28. The molecule has 10 heteroatoms. The molecule has 2 amide bonds. The first kappa shape index (κ1) is 24.7. The number of hydrogen-bond acceptors (Lipinski definition) is 7. The van der Waals surface area contributed by atoms with Gasteiger partial charge >= 0.3 is 5.97 Å². The van der Waals surface area contributed by atoms with Crippen LogP contribution in [0.5, 0.6) is 11.5 Å². The standard InChI is InChI=1S/C24H23ClN2O7/c1-14(28)27-19-11-22(32-3)21(31-2)10-18(19)24(30)33-13-23(29)26-12-17-8-9-20(34-17)15-4-6-16(25)7-5-15/h4-11H,12-13H2,1-3H3,(H,26,29)(H,27,28). The Morgan fingerprint density at radius 2 is 1.65 bits per heavy atom. The van der Waals surface area contributed by atoms with Crippen molar-refractivity contribution in [2.45, 2.75) is 13.5 Å². The van der Waals surface area contributed by atoms with Gasteiger partial charge in [0.25, 0.3) is 5.91 Å². The second-order valence-corrected chi connectivity index (χ2v) is 7.50. The maximum atomic E-state index is 12.6. The first-order valence-corrected chi connectivity index (χ1v) is 10.5. The summed E-state index contributed by atoms with van der Waals surface area (Å²) < 4.78 is 21.2. The van der Waals surface area contributed by atoms with Gasteiger partial charge in [-0.2, -0.15) is 0 Å². The van der Waals surface area contributed by atoms with Crippen molar-refractivity contribution in [1.29, 1.82) is 0 Å². The molecule has 2 N–H and O–H groups in total. The number of carbonyl (C=O) groups is 3. The average molecular weight is 487 g/mol. The van der Waals surface area contributed by atoms with Crippen molar-refractivity contribution >= 4 is 35.1 Å². The Hall–Kier alpha value is -3.98. The van der Waals surface area contributed by atoms with E-state index < -0.39 is 24.4 Å². The fourth-order valence-corrected chi connectivity index (χ4v) is 3.15. The van der Waals surface area contributed by atoms with Gasteiger partial charge in [-0.1, -0.05) is 11.6 Å². The SMILES string of the molecule is COc1cc(NC(C)=O)c(C(=O)OCC(=O)NCc2ccc(-c3ccc(Cl)cc3)o2)cc1OC. The Labute approximate surface area is 200 Å². The molecule has 0 radical (unpaired) electrons. The predicted molar refractivity (Wildman–Crippen MR) is 125 cm³/mol. The van der Waals surface area contributed by atoms with Crippen LogP contribution in [0.25, 0.3) is 11.3 Å². The van der Waals surface area contributed by atoms with Crippen LogP contribution in [0.4, 0.5) is 5.69 Å². The van der Waals surface area contributed by atoms with E-state index in [1.165, 1.54) is 33.3 Å². The molecule has 2 aromatic carbocycles. The summed E-state index contributed by atoms with van der Waals surface area (Å²) in [5, 5.41) is 5.78. The van der Waals surface area contributed by atoms with Gasteiger partial charge in [-0.05, 0) is 36.4 Å². The van der Waals surface area contributed by atoms with Gasteiger partial charge in [0.05, 0.1) is 32.0 Å². The van der Waals surface area contributed by atoms with Gasteiger partial charge in [0.15, 0.2) is 18.1 Å². The van der Waals surface area contributed by atoms with Crippen LogP contribution in [0.1, 0.15) is 23.0 Å². The molecule has 0 atom stereocenters. The molecule has 178 valence electrons. The summed E-state index contributed by atoms with van der Waals surface area (Å²) in [6.07, 6.45) is 0. The van der Waals surface area contributed by atoms with Crippen molar-refractivity contribution < 1.29 is 33.0 Å². The second-order valence-electron chi connectivity index (χ2n) is 7.06. The Morgan fingerprint density at radius 1 is 0.971 bits per heavy atom. The minimum Gasteiger partial charge on any atom is -0.493 e. The third kappa shape index (κ3) is 6.29. The van der Waals surface area contributed by atoms with E-state index >= 15 is 0 Å². The lowest BCUT2D eigenvalue weighted by atomic mass is 10.1. The quantitative estimate of drug-likeness (QED) is 0.438. The highest BCUT2D eigenvalue weighted by molar-refractivity contribution is 6.30. The fraction of sp³-hybridized carbons (Fsp3) is 0.208. The summed E-state index contributed by atoms with van der Waals surface area (Å²) in [5.41, 5.74) is 1.03. The van der Waals surface area contributed by atoms with Crippen LogP contribution in [-0.2, 0) is 20.9 Å². The molecule has 0 aliphatic heterocycles. The first-order chi connectivity index (χ1) is 16.3. The molecule has 0 bridgehead atoms. The smallest absolute Gasteiger partial charge is 0.340 e. The summed E-state index contributed by atoms with van der Waals surface area (Å²) in [6, 6.07) is 13.5. The zero-order valence-corrected chi connectivity index (χ0v) is 19.5. The third-order valence-electron chi connectivity index (χ3n) is 4.64. The van der Waals surface area contributed by atoms with E-state index in [2.05, 4.69) is 10.6 Å². The molecular weight excluding hydrogens is 464 g/mol. The Balaban J connectivity index is 1.59. The Bertz CT molecular complexity index is 1190. The summed E-state index contributed by atoms with van der Waals surface area (Å²) >= 11 is 5.90. The highest BCUT2D eigenvalue weighted by Gasteiger charge is 2.20. The van der Waals surface area contributed by atoms with Gasteiger partial charge in [-0.25, -0.2) is 4.79 Å². The normalized spacial score (nSPS) is 10.4. The molecule has 9 nitrogen and oxygen atoms in total. The number of nitrogens with one attached hydrogen (secondary N) is 2. The lowest BCUT2D eigenvalue weighted by molar-refractivity contribution is -0.124. The number of hydrogen-bond donors (Lipinski definition) is 2. The number of halogens is 1.